The quantitative estimate of drug-likeness (QED) is 0.721. The molecule has 1 nitrogen and oxygen atoms in total. The third kappa shape index (κ3) is 3.60. The molecule has 4 heteroatoms. The van der Waals surface area contributed by atoms with Crippen LogP contribution in [0, 0.1) is 6.92 Å². The van der Waals surface area contributed by atoms with Gasteiger partial charge in [0.1, 0.15) is 0 Å². The van der Waals surface area contributed by atoms with Crippen molar-refractivity contribution >= 4 is 43.5 Å². The molecular formula is C15H13Br2ClO. The molecule has 0 saturated carbocycles. The van der Waals surface area contributed by atoms with Crippen LogP contribution in [0.25, 0.3) is 0 Å². The smallest absolute Gasteiger partial charge is 0.0842 e. The Morgan fingerprint density at radius 3 is 2.53 bits per heavy atom. The maximum atomic E-state index is 10.4. The largest absolute Gasteiger partial charge is 0.388 e. The lowest BCUT2D eigenvalue weighted by molar-refractivity contribution is 0.177. The van der Waals surface area contributed by atoms with Crippen molar-refractivity contribution in [1.82, 2.24) is 0 Å². The van der Waals surface area contributed by atoms with Crippen LogP contribution in [-0.2, 0) is 6.42 Å². The summed E-state index contributed by atoms with van der Waals surface area (Å²) in [7, 11) is 0. The van der Waals surface area contributed by atoms with Gasteiger partial charge in [-0.25, -0.2) is 0 Å². The number of aryl methyl sites for hydroxylation is 1. The molecule has 2 rings (SSSR count). The predicted octanol–water partition coefficient (Wildman–Crippen LogP) is 5.45. The van der Waals surface area contributed by atoms with Gasteiger partial charge in [0, 0.05) is 20.4 Å². The van der Waals surface area contributed by atoms with Crippen LogP contribution in [0.1, 0.15) is 22.8 Å². The van der Waals surface area contributed by atoms with Crippen molar-refractivity contribution in [3.05, 3.63) is 67.1 Å². The minimum absolute atomic E-state index is 0.494. The predicted molar refractivity (Wildman–Crippen MR) is 86.7 cm³/mol. The summed E-state index contributed by atoms with van der Waals surface area (Å²) in [5.74, 6) is 0. The van der Waals surface area contributed by atoms with Crippen molar-refractivity contribution in [1.29, 1.82) is 0 Å². The number of halogens is 3. The van der Waals surface area contributed by atoms with E-state index in [4.69, 9.17) is 11.6 Å². The molecule has 0 bridgehead atoms. The number of hydrogen-bond acceptors (Lipinski definition) is 1. The molecule has 1 atom stereocenters. The highest BCUT2D eigenvalue weighted by atomic mass is 79.9. The molecule has 0 amide bonds. The Hall–Kier alpha value is -0.350. The van der Waals surface area contributed by atoms with Gasteiger partial charge in [-0.1, -0.05) is 61.7 Å². The topological polar surface area (TPSA) is 20.2 Å². The molecule has 1 unspecified atom stereocenters. The Labute approximate surface area is 134 Å². The third-order valence-corrected chi connectivity index (χ3v) is 4.92. The Bertz CT molecular complexity index is 599. The van der Waals surface area contributed by atoms with Crippen LogP contribution >= 0.6 is 43.5 Å². The van der Waals surface area contributed by atoms with Gasteiger partial charge in [0.05, 0.1) is 6.10 Å². The second-order valence-electron chi connectivity index (χ2n) is 4.43. The van der Waals surface area contributed by atoms with Crippen LogP contribution in [0.2, 0.25) is 5.02 Å². The highest BCUT2D eigenvalue weighted by molar-refractivity contribution is 9.11. The maximum Gasteiger partial charge on any atom is 0.0842 e. The molecule has 0 aliphatic rings. The van der Waals surface area contributed by atoms with Crippen molar-refractivity contribution in [3.8, 4) is 0 Å². The fourth-order valence-electron chi connectivity index (χ4n) is 1.90. The van der Waals surface area contributed by atoms with Gasteiger partial charge >= 0.3 is 0 Å². The number of benzene rings is 2. The first kappa shape index (κ1) is 15.0. The van der Waals surface area contributed by atoms with E-state index in [9.17, 15) is 5.11 Å². The molecule has 0 aliphatic heterocycles. The molecule has 2 aromatic rings. The van der Waals surface area contributed by atoms with E-state index in [0.717, 1.165) is 25.6 Å². The van der Waals surface area contributed by atoms with E-state index in [1.54, 1.807) is 0 Å². The lowest BCUT2D eigenvalue weighted by Crippen LogP contribution is -2.04. The summed E-state index contributed by atoms with van der Waals surface area (Å²) in [5.41, 5.74) is 2.93. The number of aliphatic hydroxyl groups excluding tert-OH is 1. The molecule has 0 aromatic heterocycles. The fourth-order valence-corrected chi connectivity index (χ4v) is 3.20. The van der Waals surface area contributed by atoms with E-state index in [-0.39, 0.29) is 0 Å². The van der Waals surface area contributed by atoms with E-state index in [2.05, 4.69) is 31.9 Å². The van der Waals surface area contributed by atoms with E-state index in [1.807, 2.05) is 43.3 Å². The van der Waals surface area contributed by atoms with Gasteiger partial charge in [-0.2, -0.15) is 0 Å². The Morgan fingerprint density at radius 2 is 1.84 bits per heavy atom. The number of rotatable bonds is 3. The summed E-state index contributed by atoms with van der Waals surface area (Å²) >= 11 is 13.1. The zero-order valence-electron chi connectivity index (χ0n) is 10.3. The number of aliphatic hydroxyl groups is 1. The summed E-state index contributed by atoms with van der Waals surface area (Å²) in [6.07, 6.45) is -0.0977. The van der Waals surface area contributed by atoms with Crippen LogP contribution in [0.15, 0.2) is 45.3 Å². The van der Waals surface area contributed by atoms with Crippen molar-refractivity contribution in [2.75, 3.05) is 0 Å². The third-order valence-electron chi connectivity index (χ3n) is 3.01. The van der Waals surface area contributed by atoms with Crippen molar-refractivity contribution < 1.29 is 5.11 Å². The summed E-state index contributed by atoms with van der Waals surface area (Å²) in [4.78, 5) is 0. The highest BCUT2D eigenvalue weighted by Gasteiger charge is 2.15. The first-order chi connectivity index (χ1) is 8.99. The Morgan fingerprint density at radius 1 is 1.16 bits per heavy atom. The molecule has 0 fully saturated rings. The van der Waals surface area contributed by atoms with Gasteiger partial charge in [0.15, 0.2) is 0 Å². The van der Waals surface area contributed by atoms with Crippen LogP contribution in [0.3, 0.4) is 0 Å². The van der Waals surface area contributed by atoms with Crippen LogP contribution < -0.4 is 0 Å². The molecule has 0 saturated heterocycles. The molecule has 1 N–H and O–H groups in total. The van der Waals surface area contributed by atoms with Gasteiger partial charge < -0.3 is 5.11 Å². The van der Waals surface area contributed by atoms with E-state index in [0.29, 0.717) is 11.4 Å². The summed E-state index contributed by atoms with van der Waals surface area (Å²) in [6, 6.07) is 11.5. The molecule has 100 valence electrons. The Kier molecular flexibility index (Phi) is 5.07. The molecule has 0 aliphatic carbocycles. The summed E-state index contributed by atoms with van der Waals surface area (Å²) in [5, 5.41) is 11.1. The standard InChI is InChI=1S/C15H13Br2ClO/c1-9-6-13(17)11(8-12(9)16)15(19)7-10-4-2-3-5-14(10)18/h2-6,8,15,19H,7H2,1H3. The van der Waals surface area contributed by atoms with Gasteiger partial charge in [-0.05, 0) is 41.8 Å². The van der Waals surface area contributed by atoms with Crippen LogP contribution in [0.5, 0.6) is 0 Å². The SMILES string of the molecule is Cc1cc(Br)c(C(O)Cc2ccccc2Cl)cc1Br. The minimum Gasteiger partial charge on any atom is -0.388 e. The van der Waals surface area contributed by atoms with E-state index in [1.165, 1.54) is 0 Å². The van der Waals surface area contributed by atoms with Gasteiger partial charge in [-0.3, -0.25) is 0 Å². The average Bonchev–Trinajstić information content (AvgIpc) is 2.36. The maximum absolute atomic E-state index is 10.4. The first-order valence-corrected chi connectivity index (χ1v) is 7.82. The second-order valence-corrected chi connectivity index (χ2v) is 6.55. The van der Waals surface area contributed by atoms with Crippen molar-refractivity contribution in [2.24, 2.45) is 0 Å². The van der Waals surface area contributed by atoms with E-state index < -0.39 is 6.10 Å². The average molecular weight is 405 g/mol. The van der Waals surface area contributed by atoms with Crippen molar-refractivity contribution in [3.63, 3.8) is 0 Å². The van der Waals surface area contributed by atoms with Crippen LogP contribution in [-0.4, -0.2) is 5.11 Å². The molecule has 0 radical (unpaired) electrons. The first-order valence-electron chi connectivity index (χ1n) is 5.86. The van der Waals surface area contributed by atoms with Gasteiger partial charge in [-0.15, -0.1) is 0 Å². The summed E-state index contributed by atoms with van der Waals surface area (Å²) < 4.78 is 1.90. The molecule has 0 heterocycles. The fraction of sp³-hybridized carbons (Fsp3) is 0.200. The minimum atomic E-state index is -0.592. The van der Waals surface area contributed by atoms with Gasteiger partial charge in [0.25, 0.3) is 0 Å². The van der Waals surface area contributed by atoms with E-state index >= 15 is 0 Å². The normalized spacial score (nSPS) is 12.5. The monoisotopic (exact) mass is 402 g/mol. The number of hydrogen-bond donors (Lipinski definition) is 1. The zero-order valence-corrected chi connectivity index (χ0v) is 14.3. The summed E-state index contributed by atoms with van der Waals surface area (Å²) in [6.45, 7) is 2.01. The lowest BCUT2D eigenvalue weighted by Gasteiger charge is -2.15. The highest BCUT2D eigenvalue weighted by Crippen LogP contribution is 2.32. The molecule has 19 heavy (non-hydrogen) atoms. The molecule has 0 spiro atoms. The van der Waals surface area contributed by atoms with Gasteiger partial charge in [0.2, 0.25) is 0 Å². The molecular weight excluding hydrogens is 391 g/mol. The van der Waals surface area contributed by atoms with Crippen molar-refractivity contribution in [2.45, 2.75) is 19.4 Å². The van der Waals surface area contributed by atoms with Crippen LogP contribution in [0.4, 0.5) is 0 Å². The molecule has 2 aromatic carbocycles. The lowest BCUT2D eigenvalue weighted by atomic mass is 10.0. The Balaban J connectivity index is 2.28. The zero-order chi connectivity index (χ0) is 14.0. The second kappa shape index (κ2) is 6.40.